The number of likely N-dealkylation sites (tertiary alicyclic amines) is 1. The molecule has 4 aliphatic heterocycles. The summed E-state index contributed by atoms with van der Waals surface area (Å²) >= 11 is 0. The Kier molecular flexibility index (Phi) is 7.81. The molecule has 6 atom stereocenters. The highest BCUT2D eigenvalue weighted by molar-refractivity contribution is 5.98. The predicted molar refractivity (Wildman–Crippen MR) is 122 cm³/mol. The van der Waals surface area contributed by atoms with Gasteiger partial charge in [-0.2, -0.15) is 0 Å². The van der Waals surface area contributed by atoms with Crippen LogP contribution in [0.15, 0.2) is 0 Å². The van der Waals surface area contributed by atoms with Crippen LogP contribution < -0.4 is 5.32 Å². The molecule has 10 nitrogen and oxygen atoms in total. The number of hydrogen-bond acceptors (Lipinski definition) is 8. The first-order chi connectivity index (χ1) is 16.3. The number of nitrogens with zero attached hydrogens (tertiary/aromatic N) is 2. The van der Waals surface area contributed by atoms with E-state index in [1.165, 1.54) is 4.90 Å². The summed E-state index contributed by atoms with van der Waals surface area (Å²) in [5.74, 6) is -2.27. The number of nitrogens with one attached hydrogen (secondary N) is 1. The lowest BCUT2D eigenvalue weighted by Crippen LogP contribution is -2.58. The number of fused-ring (bicyclic) bond motifs is 1. The average Bonchev–Trinajstić information content (AvgIpc) is 3.45. The first-order valence-corrected chi connectivity index (χ1v) is 12.7. The number of morpholine rings is 1. The third-order valence-electron chi connectivity index (χ3n) is 7.72. The van der Waals surface area contributed by atoms with E-state index in [2.05, 4.69) is 10.2 Å². The lowest BCUT2D eigenvalue weighted by Gasteiger charge is -2.37. The third kappa shape index (κ3) is 4.45. The second-order valence-corrected chi connectivity index (χ2v) is 10.3. The highest BCUT2D eigenvalue weighted by Crippen LogP contribution is 2.59. The molecule has 0 saturated carbocycles. The van der Waals surface area contributed by atoms with E-state index in [0.717, 1.165) is 13.1 Å². The van der Waals surface area contributed by atoms with Crippen LogP contribution in [-0.2, 0) is 28.6 Å². The summed E-state index contributed by atoms with van der Waals surface area (Å²) in [5.41, 5.74) is -1.06. The summed E-state index contributed by atoms with van der Waals surface area (Å²) in [5, 5.41) is 13.2. The Morgan fingerprint density at radius 2 is 2.03 bits per heavy atom. The second-order valence-electron chi connectivity index (χ2n) is 10.3. The van der Waals surface area contributed by atoms with Gasteiger partial charge in [-0.3, -0.25) is 19.3 Å². The molecule has 192 valence electrons. The van der Waals surface area contributed by atoms with E-state index in [1.807, 2.05) is 13.8 Å². The highest BCUT2D eigenvalue weighted by Gasteiger charge is 2.75. The maximum absolute atomic E-state index is 13.8. The molecule has 4 rings (SSSR count). The standard InChI is InChI=1S/C24H39N3O7/c1-4-33-23(31)18-17-5-6-24(34-17)19(18)22(30)27(16(14-28)13-15(2)3)20(24)21(29)25-7-8-26-9-11-32-12-10-26/h15-20,28H,4-14H2,1-3H3,(H,25,29)/t16-,17-,18+,19+,20?,24?/m1/s1. The number of hydrogen-bond donors (Lipinski definition) is 2. The molecule has 0 aromatic heterocycles. The van der Waals surface area contributed by atoms with Gasteiger partial charge in [0, 0.05) is 26.2 Å². The smallest absolute Gasteiger partial charge is 0.312 e. The lowest BCUT2D eigenvalue weighted by molar-refractivity contribution is -0.155. The van der Waals surface area contributed by atoms with Crippen molar-refractivity contribution in [2.24, 2.45) is 17.8 Å². The minimum absolute atomic E-state index is 0.214. The number of carbonyl (C=O) groups excluding carboxylic acids is 3. The van der Waals surface area contributed by atoms with Crippen molar-refractivity contribution in [2.75, 3.05) is 52.6 Å². The Hall–Kier alpha value is -1.75. The van der Waals surface area contributed by atoms with Crippen LogP contribution in [0.25, 0.3) is 0 Å². The second kappa shape index (κ2) is 10.5. The fourth-order valence-corrected chi connectivity index (χ4v) is 6.37. The molecule has 2 amide bonds. The normalized spacial score (nSPS) is 33.9. The Labute approximate surface area is 201 Å². The molecular weight excluding hydrogens is 442 g/mol. The quantitative estimate of drug-likeness (QED) is 0.411. The molecule has 2 N–H and O–H groups in total. The summed E-state index contributed by atoms with van der Waals surface area (Å²) in [6, 6.07) is -1.40. The van der Waals surface area contributed by atoms with E-state index < -0.39 is 41.6 Å². The summed E-state index contributed by atoms with van der Waals surface area (Å²) in [6.45, 7) is 9.88. The number of aliphatic hydroxyl groups excluding tert-OH is 1. The molecule has 10 heteroatoms. The molecular formula is C24H39N3O7. The summed E-state index contributed by atoms with van der Waals surface area (Å²) in [6.07, 6.45) is 1.27. The Morgan fingerprint density at radius 3 is 2.68 bits per heavy atom. The topological polar surface area (TPSA) is 118 Å². The monoisotopic (exact) mass is 481 g/mol. The molecule has 2 unspecified atom stereocenters. The van der Waals surface area contributed by atoms with Gasteiger partial charge in [0.25, 0.3) is 0 Å². The maximum Gasteiger partial charge on any atom is 0.312 e. The molecule has 4 saturated heterocycles. The van der Waals surface area contributed by atoms with Gasteiger partial charge in [-0.25, -0.2) is 0 Å². The van der Waals surface area contributed by atoms with E-state index in [-0.39, 0.29) is 30.9 Å². The van der Waals surface area contributed by atoms with E-state index >= 15 is 0 Å². The molecule has 0 aliphatic carbocycles. The molecule has 4 fully saturated rings. The van der Waals surface area contributed by atoms with Crippen molar-refractivity contribution in [1.82, 2.24) is 15.1 Å². The largest absolute Gasteiger partial charge is 0.466 e. The van der Waals surface area contributed by atoms with E-state index in [4.69, 9.17) is 14.2 Å². The zero-order chi connectivity index (χ0) is 24.5. The van der Waals surface area contributed by atoms with Crippen molar-refractivity contribution in [3.05, 3.63) is 0 Å². The van der Waals surface area contributed by atoms with Gasteiger partial charge in [-0.15, -0.1) is 0 Å². The number of rotatable bonds is 10. The van der Waals surface area contributed by atoms with Crippen molar-refractivity contribution in [3.8, 4) is 0 Å². The zero-order valence-corrected chi connectivity index (χ0v) is 20.5. The van der Waals surface area contributed by atoms with Crippen LogP contribution in [-0.4, -0.2) is 109 Å². The van der Waals surface area contributed by atoms with E-state index in [9.17, 15) is 19.5 Å². The lowest BCUT2D eigenvalue weighted by atomic mass is 9.71. The maximum atomic E-state index is 13.8. The highest BCUT2D eigenvalue weighted by atomic mass is 16.6. The zero-order valence-electron chi connectivity index (χ0n) is 20.5. The van der Waals surface area contributed by atoms with Crippen LogP contribution in [0.3, 0.4) is 0 Å². The number of carbonyl (C=O) groups is 3. The van der Waals surface area contributed by atoms with Gasteiger partial charge in [0.1, 0.15) is 11.6 Å². The number of esters is 1. The minimum atomic E-state index is -1.06. The van der Waals surface area contributed by atoms with Gasteiger partial charge in [0.05, 0.1) is 50.4 Å². The van der Waals surface area contributed by atoms with Crippen molar-refractivity contribution in [2.45, 2.75) is 63.8 Å². The van der Waals surface area contributed by atoms with Crippen LogP contribution in [0, 0.1) is 17.8 Å². The van der Waals surface area contributed by atoms with Gasteiger partial charge < -0.3 is 29.5 Å². The molecule has 0 radical (unpaired) electrons. The van der Waals surface area contributed by atoms with Gasteiger partial charge in [-0.1, -0.05) is 13.8 Å². The van der Waals surface area contributed by atoms with Crippen molar-refractivity contribution in [3.63, 3.8) is 0 Å². The number of amides is 2. The first kappa shape index (κ1) is 25.3. The van der Waals surface area contributed by atoms with Crippen LogP contribution in [0.2, 0.25) is 0 Å². The molecule has 0 aromatic carbocycles. The van der Waals surface area contributed by atoms with Crippen LogP contribution in [0.5, 0.6) is 0 Å². The molecule has 34 heavy (non-hydrogen) atoms. The molecule has 4 heterocycles. The Morgan fingerprint density at radius 1 is 1.29 bits per heavy atom. The van der Waals surface area contributed by atoms with E-state index in [0.29, 0.717) is 45.6 Å². The van der Waals surface area contributed by atoms with E-state index in [1.54, 1.807) is 6.92 Å². The minimum Gasteiger partial charge on any atom is -0.466 e. The summed E-state index contributed by atoms with van der Waals surface area (Å²) < 4.78 is 17.0. The van der Waals surface area contributed by atoms with Crippen molar-refractivity contribution in [1.29, 1.82) is 0 Å². The van der Waals surface area contributed by atoms with Crippen molar-refractivity contribution < 1.29 is 33.7 Å². The SMILES string of the molecule is CCOC(=O)[C@@H]1[C@H]2C(=O)N([C@@H](CO)CC(C)C)C(C(=O)NCCN3CCOCC3)C23CC[C@H]1O3. The van der Waals surface area contributed by atoms with Crippen LogP contribution in [0.4, 0.5) is 0 Å². The van der Waals surface area contributed by atoms with Gasteiger partial charge in [0.15, 0.2) is 0 Å². The van der Waals surface area contributed by atoms with Gasteiger partial charge >= 0.3 is 5.97 Å². The predicted octanol–water partition coefficient (Wildman–Crippen LogP) is -0.220. The number of aliphatic hydroxyl groups is 1. The summed E-state index contributed by atoms with van der Waals surface area (Å²) in [4.78, 5) is 44.1. The fourth-order valence-electron chi connectivity index (χ4n) is 6.37. The van der Waals surface area contributed by atoms with Crippen molar-refractivity contribution >= 4 is 17.8 Å². The molecule has 4 aliphatic rings. The van der Waals surface area contributed by atoms with Gasteiger partial charge in [-0.05, 0) is 32.1 Å². The number of ether oxygens (including phenoxy) is 3. The van der Waals surface area contributed by atoms with Gasteiger partial charge in [0.2, 0.25) is 11.8 Å². The van der Waals surface area contributed by atoms with Crippen LogP contribution in [0.1, 0.15) is 40.0 Å². The fraction of sp³-hybridized carbons (Fsp3) is 0.875. The first-order valence-electron chi connectivity index (χ1n) is 12.7. The third-order valence-corrected chi connectivity index (χ3v) is 7.72. The molecule has 1 spiro atoms. The average molecular weight is 482 g/mol. The summed E-state index contributed by atoms with van der Waals surface area (Å²) in [7, 11) is 0. The molecule has 2 bridgehead atoms. The van der Waals surface area contributed by atoms with Crippen LogP contribution >= 0.6 is 0 Å². The molecule has 0 aromatic rings. The Bertz CT molecular complexity index is 772. The Balaban J connectivity index is 1.58.